The molecule has 1 aliphatic rings. The van der Waals surface area contributed by atoms with Gasteiger partial charge in [-0.05, 0) is 30.3 Å². The minimum absolute atomic E-state index is 0.0823. The third-order valence-corrected chi connectivity index (χ3v) is 7.58. The summed E-state index contributed by atoms with van der Waals surface area (Å²) in [6, 6.07) is 13.7. The van der Waals surface area contributed by atoms with Crippen LogP contribution in [-0.4, -0.2) is 59.3 Å². The van der Waals surface area contributed by atoms with Crippen LogP contribution in [0.25, 0.3) is 5.69 Å². The number of carbonyl (C=O) groups is 1. The molecule has 2 heterocycles. The molecule has 4 rings (SSSR count). The Bertz CT molecular complexity index is 1170. The van der Waals surface area contributed by atoms with Crippen molar-refractivity contribution in [2.45, 2.75) is 4.90 Å². The number of benzene rings is 2. The van der Waals surface area contributed by atoms with Gasteiger partial charge in [0.25, 0.3) is 5.91 Å². The highest BCUT2D eigenvalue weighted by Gasteiger charge is 2.31. The maximum absolute atomic E-state index is 13.0. The predicted molar refractivity (Wildman–Crippen MR) is 115 cm³/mol. The zero-order valence-electron chi connectivity index (χ0n) is 15.8. The molecule has 0 saturated carbocycles. The van der Waals surface area contributed by atoms with Crippen LogP contribution in [0, 0.1) is 0 Å². The first-order valence-electron chi connectivity index (χ1n) is 9.20. The van der Waals surface area contributed by atoms with Gasteiger partial charge in [0, 0.05) is 31.9 Å². The fourth-order valence-electron chi connectivity index (χ4n) is 3.33. The second-order valence-electron chi connectivity index (χ2n) is 6.76. The molecule has 0 N–H and O–H groups in total. The summed E-state index contributed by atoms with van der Waals surface area (Å²) in [6.45, 7) is 0.931. The van der Waals surface area contributed by atoms with Crippen molar-refractivity contribution in [1.82, 2.24) is 18.8 Å². The molecular formula is C20H18Cl2N4O3S. The van der Waals surface area contributed by atoms with E-state index in [1.165, 1.54) is 28.7 Å². The summed E-state index contributed by atoms with van der Waals surface area (Å²) in [4.78, 5) is 18.9. The first-order chi connectivity index (χ1) is 14.4. The van der Waals surface area contributed by atoms with E-state index in [-0.39, 0.29) is 42.0 Å². The molecule has 7 nitrogen and oxygen atoms in total. The predicted octanol–water partition coefficient (Wildman–Crippen LogP) is 3.33. The Morgan fingerprint density at radius 2 is 1.63 bits per heavy atom. The number of para-hydroxylation sites is 1. The van der Waals surface area contributed by atoms with Gasteiger partial charge in [-0.1, -0.05) is 41.4 Å². The van der Waals surface area contributed by atoms with E-state index >= 15 is 0 Å². The van der Waals surface area contributed by atoms with Gasteiger partial charge in [0.2, 0.25) is 10.0 Å². The number of hydrogen-bond acceptors (Lipinski definition) is 4. The van der Waals surface area contributed by atoms with Crippen molar-refractivity contribution in [2.75, 3.05) is 26.2 Å². The molecule has 1 aromatic heterocycles. The van der Waals surface area contributed by atoms with Crippen LogP contribution in [0.4, 0.5) is 0 Å². The molecule has 1 saturated heterocycles. The minimum atomic E-state index is -3.72. The maximum Gasteiger partial charge on any atom is 0.272 e. The van der Waals surface area contributed by atoms with Crippen LogP contribution in [0.3, 0.4) is 0 Å². The second kappa shape index (κ2) is 8.39. The Labute approximate surface area is 184 Å². The Morgan fingerprint density at radius 1 is 0.933 bits per heavy atom. The number of carbonyl (C=O) groups excluding carboxylic acids is 1. The SMILES string of the molecule is O=C(c1cncn1-c1ccccc1)N1CCN(S(=O)(=O)c2ccc(Cl)c(Cl)c2)CC1. The molecule has 3 aromatic rings. The molecule has 1 fully saturated rings. The van der Waals surface area contributed by atoms with Crippen LogP contribution >= 0.6 is 23.2 Å². The molecule has 0 spiro atoms. The molecule has 0 radical (unpaired) electrons. The number of sulfonamides is 1. The van der Waals surface area contributed by atoms with E-state index in [4.69, 9.17) is 23.2 Å². The van der Waals surface area contributed by atoms with Gasteiger partial charge in [-0.3, -0.25) is 9.36 Å². The van der Waals surface area contributed by atoms with Crippen LogP contribution in [0.15, 0.2) is 66.0 Å². The number of halogens is 2. The number of rotatable bonds is 4. The summed E-state index contributed by atoms with van der Waals surface area (Å²) in [5, 5.41) is 0.474. The summed E-state index contributed by atoms with van der Waals surface area (Å²) in [7, 11) is -3.72. The smallest absolute Gasteiger partial charge is 0.272 e. The van der Waals surface area contributed by atoms with E-state index in [1.807, 2.05) is 30.3 Å². The van der Waals surface area contributed by atoms with Gasteiger partial charge in [0.1, 0.15) is 5.69 Å². The first kappa shape index (κ1) is 20.9. The van der Waals surface area contributed by atoms with E-state index in [1.54, 1.807) is 15.8 Å². The van der Waals surface area contributed by atoms with Crippen molar-refractivity contribution >= 4 is 39.1 Å². The van der Waals surface area contributed by atoms with Crippen molar-refractivity contribution < 1.29 is 13.2 Å². The van der Waals surface area contributed by atoms with Crippen molar-refractivity contribution in [3.8, 4) is 5.69 Å². The van der Waals surface area contributed by atoms with Crippen LogP contribution in [0.1, 0.15) is 10.5 Å². The van der Waals surface area contributed by atoms with E-state index in [9.17, 15) is 13.2 Å². The normalized spacial score (nSPS) is 15.3. The number of aromatic nitrogens is 2. The molecule has 2 aromatic carbocycles. The Hall–Kier alpha value is -2.39. The lowest BCUT2D eigenvalue weighted by atomic mass is 10.3. The van der Waals surface area contributed by atoms with Crippen LogP contribution in [0.5, 0.6) is 0 Å². The van der Waals surface area contributed by atoms with E-state index in [0.29, 0.717) is 10.7 Å². The van der Waals surface area contributed by atoms with E-state index in [2.05, 4.69) is 4.98 Å². The van der Waals surface area contributed by atoms with Gasteiger partial charge in [-0.25, -0.2) is 13.4 Å². The number of amides is 1. The molecule has 10 heteroatoms. The topological polar surface area (TPSA) is 75.5 Å². The zero-order chi connectivity index (χ0) is 21.3. The number of imidazole rings is 1. The highest BCUT2D eigenvalue weighted by atomic mass is 35.5. The van der Waals surface area contributed by atoms with Crippen molar-refractivity contribution in [2.24, 2.45) is 0 Å². The Balaban J connectivity index is 1.48. The molecule has 0 bridgehead atoms. The lowest BCUT2D eigenvalue weighted by Gasteiger charge is -2.34. The molecule has 156 valence electrons. The first-order valence-corrected chi connectivity index (χ1v) is 11.4. The third kappa shape index (κ3) is 3.96. The van der Waals surface area contributed by atoms with Crippen LogP contribution in [0.2, 0.25) is 10.0 Å². The highest BCUT2D eigenvalue weighted by Crippen LogP contribution is 2.27. The lowest BCUT2D eigenvalue weighted by Crippen LogP contribution is -2.50. The van der Waals surface area contributed by atoms with Gasteiger partial charge >= 0.3 is 0 Å². The van der Waals surface area contributed by atoms with Crippen LogP contribution < -0.4 is 0 Å². The summed E-state index contributed by atoms with van der Waals surface area (Å²) >= 11 is 11.9. The second-order valence-corrected chi connectivity index (χ2v) is 9.51. The summed E-state index contributed by atoms with van der Waals surface area (Å²) < 4.78 is 28.9. The van der Waals surface area contributed by atoms with Crippen molar-refractivity contribution in [1.29, 1.82) is 0 Å². The van der Waals surface area contributed by atoms with Gasteiger partial charge in [0.15, 0.2) is 0 Å². The average molecular weight is 465 g/mol. The fraction of sp³-hybridized carbons (Fsp3) is 0.200. The maximum atomic E-state index is 13.0. The fourth-order valence-corrected chi connectivity index (χ4v) is 5.14. The molecule has 1 amide bonds. The number of nitrogens with zero attached hydrogens (tertiary/aromatic N) is 4. The number of hydrogen-bond donors (Lipinski definition) is 0. The van der Waals surface area contributed by atoms with Crippen molar-refractivity contribution in [3.63, 3.8) is 0 Å². The van der Waals surface area contributed by atoms with Gasteiger partial charge in [-0.15, -0.1) is 0 Å². The van der Waals surface area contributed by atoms with Gasteiger partial charge < -0.3 is 4.90 Å². The molecule has 30 heavy (non-hydrogen) atoms. The van der Waals surface area contributed by atoms with E-state index < -0.39 is 10.0 Å². The molecule has 1 aliphatic heterocycles. The highest BCUT2D eigenvalue weighted by molar-refractivity contribution is 7.89. The van der Waals surface area contributed by atoms with Gasteiger partial charge in [-0.2, -0.15) is 4.31 Å². The molecule has 0 unspecified atom stereocenters. The van der Waals surface area contributed by atoms with Gasteiger partial charge in [0.05, 0.1) is 27.5 Å². The third-order valence-electron chi connectivity index (χ3n) is 4.95. The zero-order valence-corrected chi connectivity index (χ0v) is 18.1. The minimum Gasteiger partial charge on any atom is -0.335 e. The number of piperazine rings is 1. The molecule has 0 aliphatic carbocycles. The quantitative estimate of drug-likeness (QED) is 0.593. The Kier molecular flexibility index (Phi) is 5.84. The van der Waals surface area contributed by atoms with Crippen molar-refractivity contribution in [3.05, 3.63) is 76.8 Å². The summed E-state index contributed by atoms with van der Waals surface area (Å²) in [5.74, 6) is -0.192. The largest absolute Gasteiger partial charge is 0.335 e. The molecular weight excluding hydrogens is 447 g/mol. The standard InChI is InChI=1S/C20H18Cl2N4O3S/c21-17-7-6-16(12-18(17)22)30(28,29)25-10-8-24(9-11-25)20(27)19-13-23-14-26(19)15-4-2-1-3-5-15/h1-7,12-14H,8-11H2. The summed E-state index contributed by atoms with van der Waals surface area (Å²) in [5.41, 5.74) is 1.26. The Morgan fingerprint density at radius 3 is 2.30 bits per heavy atom. The monoisotopic (exact) mass is 464 g/mol. The van der Waals surface area contributed by atoms with Crippen LogP contribution in [-0.2, 0) is 10.0 Å². The molecule has 0 atom stereocenters. The van der Waals surface area contributed by atoms with E-state index in [0.717, 1.165) is 5.69 Å². The average Bonchev–Trinajstić information content (AvgIpc) is 3.25. The summed E-state index contributed by atoms with van der Waals surface area (Å²) in [6.07, 6.45) is 3.11. The lowest BCUT2D eigenvalue weighted by molar-refractivity contribution is 0.0690.